The third-order valence-corrected chi connectivity index (χ3v) is 3.86. The molecule has 8 heteroatoms. The number of carbonyl (C=O) groups excluding carboxylic acids is 1. The van der Waals surface area contributed by atoms with Crippen LogP contribution in [0.4, 0.5) is 4.39 Å². The van der Waals surface area contributed by atoms with Crippen molar-refractivity contribution in [2.24, 2.45) is 0 Å². The van der Waals surface area contributed by atoms with Gasteiger partial charge < -0.3 is 18.6 Å². The summed E-state index contributed by atoms with van der Waals surface area (Å²) in [7, 11) is 1.49. The van der Waals surface area contributed by atoms with Crippen LogP contribution < -0.4 is 9.47 Å². The third-order valence-electron chi connectivity index (χ3n) is 3.86. The van der Waals surface area contributed by atoms with E-state index in [4.69, 9.17) is 18.6 Å². The molecule has 0 aliphatic heterocycles. The zero-order chi connectivity index (χ0) is 20.1. The molecular weight excluding hydrogens is 367 g/mol. The monoisotopic (exact) mass is 386 g/mol. The number of methoxy groups -OCH3 is 1. The Labute approximate surface area is 161 Å². The van der Waals surface area contributed by atoms with Gasteiger partial charge in [0.25, 0.3) is 5.89 Å². The first-order chi connectivity index (χ1) is 13.5. The van der Waals surface area contributed by atoms with Crippen molar-refractivity contribution >= 4 is 5.97 Å². The zero-order valence-electron chi connectivity index (χ0n) is 15.6. The van der Waals surface area contributed by atoms with E-state index >= 15 is 0 Å². The van der Waals surface area contributed by atoms with Crippen molar-refractivity contribution in [1.29, 1.82) is 0 Å². The highest BCUT2D eigenvalue weighted by atomic mass is 19.1. The molecule has 1 heterocycles. The van der Waals surface area contributed by atoms with Gasteiger partial charge in [-0.05, 0) is 56.3 Å². The summed E-state index contributed by atoms with van der Waals surface area (Å²) in [6.07, 6.45) is -0.772. The summed E-state index contributed by atoms with van der Waals surface area (Å²) in [5, 5.41) is 7.81. The SMILES string of the molecule is CCOc1ccc(C(=O)O[C@H](C)c2nnc(-c3ccc(F)cc3)o2)cc1OC. The van der Waals surface area contributed by atoms with Crippen molar-refractivity contribution in [3.63, 3.8) is 0 Å². The summed E-state index contributed by atoms with van der Waals surface area (Å²) in [5.74, 6) is 0.369. The molecule has 28 heavy (non-hydrogen) atoms. The Morgan fingerprint density at radius 2 is 1.89 bits per heavy atom. The Bertz CT molecular complexity index is 955. The summed E-state index contributed by atoms with van der Waals surface area (Å²) in [4.78, 5) is 12.4. The smallest absolute Gasteiger partial charge is 0.339 e. The summed E-state index contributed by atoms with van der Waals surface area (Å²) >= 11 is 0. The Hall–Kier alpha value is -3.42. The molecule has 2 aromatic carbocycles. The lowest BCUT2D eigenvalue weighted by molar-refractivity contribution is 0.0279. The molecular formula is C20H19FN2O5. The van der Waals surface area contributed by atoms with Gasteiger partial charge in [-0.3, -0.25) is 0 Å². The predicted molar refractivity (Wildman–Crippen MR) is 97.7 cm³/mol. The van der Waals surface area contributed by atoms with Gasteiger partial charge in [-0.1, -0.05) is 0 Å². The van der Waals surface area contributed by atoms with E-state index in [2.05, 4.69) is 10.2 Å². The molecule has 7 nitrogen and oxygen atoms in total. The molecule has 0 saturated carbocycles. The average molecular weight is 386 g/mol. The molecule has 0 radical (unpaired) electrons. The average Bonchev–Trinajstić information content (AvgIpc) is 3.19. The molecule has 146 valence electrons. The van der Waals surface area contributed by atoms with Gasteiger partial charge in [0.2, 0.25) is 5.89 Å². The van der Waals surface area contributed by atoms with Gasteiger partial charge in [0.15, 0.2) is 17.6 Å². The van der Waals surface area contributed by atoms with Crippen LogP contribution in [0.15, 0.2) is 46.9 Å². The number of carbonyl (C=O) groups is 1. The molecule has 0 spiro atoms. The Morgan fingerprint density at radius 3 is 2.57 bits per heavy atom. The number of hydrogen-bond donors (Lipinski definition) is 0. The predicted octanol–water partition coefficient (Wildman–Crippen LogP) is 4.20. The molecule has 0 unspecified atom stereocenters. The van der Waals surface area contributed by atoms with Crippen LogP contribution in [0, 0.1) is 5.82 Å². The molecule has 0 bridgehead atoms. The molecule has 0 aliphatic rings. The second-order valence-corrected chi connectivity index (χ2v) is 5.80. The highest BCUT2D eigenvalue weighted by Gasteiger charge is 2.21. The first-order valence-corrected chi connectivity index (χ1v) is 8.63. The summed E-state index contributed by atoms with van der Waals surface area (Å²) in [5.41, 5.74) is 0.861. The van der Waals surface area contributed by atoms with E-state index in [0.717, 1.165) is 0 Å². The summed E-state index contributed by atoms with van der Waals surface area (Å²) in [6, 6.07) is 10.4. The van der Waals surface area contributed by atoms with Gasteiger partial charge in [0, 0.05) is 5.56 Å². The van der Waals surface area contributed by atoms with Gasteiger partial charge in [-0.15, -0.1) is 10.2 Å². The molecule has 0 amide bonds. The van der Waals surface area contributed by atoms with E-state index in [-0.39, 0.29) is 17.6 Å². The highest BCUT2D eigenvalue weighted by molar-refractivity contribution is 5.90. The van der Waals surface area contributed by atoms with Gasteiger partial charge in [0.05, 0.1) is 19.3 Å². The van der Waals surface area contributed by atoms with E-state index in [1.54, 1.807) is 19.1 Å². The molecule has 0 fully saturated rings. The zero-order valence-corrected chi connectivity index (χ0v) is 15.6. The van der Waals surface area contributed by atoms with Crippen LogP contribution in [-0.4, -0.2) is 29.9 Å². The Balaban J connectivity index is 1.71. The first kappa shape index (κ1) is 19.3. The molecule has 3 aromatic rings. The minimum atomic E-state index is -0.772. The number of benzene rings is 2. The summed E-state index contributed by atoms with van der Waals surface area (Å²) in [6.45, 7) is 3.95. The standard InChI is InChI=1S/C20H19FN2O5/c1-4-26-16-10-7-14(11-17(16)25-3)20(24)27-12(2)18-22-23-19(28-18)13-5-8-15(21)9-6-13/h5-12H,4H2,1-3H3/t12-/m1/s1. The number of aromatic nitrogens is 2. The fraction of sp³-hybridized carbons (Fsp3) is 0.250. The normalized spacial score (nSPS) is 11.7. The summed E-state index contributed by atoms with van der Waals surface area (Å²) < 4.78 is 34.6. The van der Waals surface area contributed by atoms with Crippen LogP contribution in [-0.2, 0) is 4.74 Å². The van der Waals surface area contributed by atoms with Crippen molar-refractivity contribution in [3.8, 4) is 23.0 Å². The lowest BCUT2D eigenvalue weighted by atomic mass is 10.2. The van der Waals surface area contributed by atoms with Gasteiger partial charge >= 0.3 is 5.97 Å². The van der Waals surface area contributed by atoms with Crippen molar-refractivity contribution in [1.82, 2.24) is 10.2 Å². The first-order valence-electron chi connectivity index (χ1n) is 8.63. The highest BCUT2D eigenvalue weighted by Crippen LogP contribution is 2.29. The van der Waals surface area contributed by atoms with Gasteiger partial charge in [0.1, 0.15) is 5.82 Å². The van der Waals surface area contributed by atoms with Crippen LogP contribution >= 0.6 is 0 Å². The number of nitrogens with zero attached hydrogens (tertiary/aromatic N) is 2. The van der Waals surface area contributed by atoms with E-state index in [0.29, 0.717) is 29.2 Å². The minimum absolute atomic E-state index is 0.130. The van der Waals surface area contributed by atoms with Crippen molar-refractivity contribution in [2.45, 2.75) is 20.0 Å². The molecule has 0 saturated heterocycles. The van der Waals surface area contributed by atoms with E-state index in [1.165, 1.54) is 37.4 Å². The largest absolute Gasteiger partial charge is 0.493 e. The molecule has 3 rings (SSSR count). The number of rotatable bonds is 7. The van der Waals surface area contributed by atoms with Crippen molar-refractivity contribution in [3.05, 3.63) is 59.7 Å². The fourth-order valence-electron chi connectivity index (χ4n) is 2.46. The maximum atomic E-state index is 13.0. The quantitative estimate of drug-likeness (QED) is 0.563. The van der Waals surface area contributed by atoms with Crippen LogP contribution in [0.5, 0.6) is 11.5 Å². The van der Waals surface area contributed by atoms with E-state index < -0.39 is 12.1 Å². The van der Waals surface area contributed by atoms with Crippen LogP contribution in [0.3, 0.4) is 0 Å². The maximum Gasteiger partial charge on any atom is 0.339 e. The van der Waals surface area contributed by atoms with Gasteiger partial charge in [-0.2, -0.15) is 0 Å². The molecule has 1 atom stereocenters. The maximum absolute atomic E-state index is 13.0. The topological polar surface area (TPSA) is 83.7 Å². The van der Waals surface area contributed by atoms with Gasteiger partial charge in [-0.25, -0.2) is 9.18 Å². The molecule has 0 aliphatic carbocycles. The fourth-order valence-corrected chi connectivity index (χ4v) is 2.46. The van der Waals surface area contributed by atoms with E-state index in [1.807, 2.05) is 6.92 Å². The number of halogens is 1. The van der Waals surface area contributed by atoms with Crippen LogP contribution in [0.1, 0.15) is 36.2 Å². The van der Waals surface area contributed by atoms with Crippen LogP contribution in [0.2, 0.25) is 0 Å². The molecule has 0 N–H and O–H groups in total. The number of hydrogen-bond acceptors (Lipinski definition) is 7. The second kappa shape index (κ2) is 8.51. The third kappa shape index (κ3) is 4.28. The number of ether oxygens (including phenoxy) is 3. The Kier molecular flexibility index (Phi) is 5.88. The lowest BCUT2D eigenvalue weighted by Crippen LogP contribution is -2.10. The van der Waals surface area contributed by atoms with Crippen LogP contribution in [0.25, 0.3) is 11.5 Å². The van der Waals surface area contributed by atoms with Crippen molar-refractivity contribution < 1.29 is 27.8 Å². The number of esters is 1. The Morgan fingerprint density at radius 1 is 1.14 bits per heavy atom. The second-order valence-electron chi connectivity index (χ2n) is 5.80. The molecule has 1 aromatic heterocycles. The van der Waals surface area contributed by atoms with Crippen molar-refractivity contribution in [2.75, 3.05) is 13.7 Å². The lowest BCUT2D eigenvalue weighted by Gasteiger charge is -2.12. The minimum Gasteiger partial charge on any atom is -0.493 e. The van der Waals surface area contributed by atoms with E-state index in [9.17, 15) is 9.18 Å².